The van der Waals surface area contributed by atoms with E-state index in [1.165, 1.54) is 7.11 Å². The van der Waals surface area contributed by atoms with Crippen LogP contribution in [0.2, 0.25) is 0 Å². The molecule has 13 nitrogen and oxygen atoms in total. The number of carbonyl (C=O) groups excluding carboxylic acids is 4. The smallest absolute Gasteiger partial charge is 0.407 e. The van der Waals surface area contributed by atoms with Gasteiger partial charge >= 0.3 is 6.09 Å². The molecular weight excluding hydrogens is 783 g/mol. The number of likely N-dealkylation sites (tertiary alicyclic amines) is 2. The largest absolute Gasteiger partial charge is 0.453 e. The number of benzene rings is 3. The lowest BCUT2D eigenvalue weighted by atomic mass is 10.0. The topological polar surface area (TPSA) is 162 Å². The van der Waals surface area contributed by atoms with E-state index in [4.69, 9.17) is 14.5 Å². The molecule has 3 aliphatic rings. The molecule has 0 spiro atoms. The molecule has 5 aromatic rings. The van der Waals surface area contributed by atoms with Crippen molar-refractivity contribution in [3.05, 3.63) is 114 Å². The van der Waals surface area contributed by atoms with E-state index in [0.29, 0.717) is 37.9 Å². The number of carbonyl (C=O) groups is 4. The Morgan fingerprint density at radius 2 is 1.39 bits per heavy atom. The first-order valence-corrected chi connectivity index (χ1v) is 21.8. The van der Waals surface area contributed by atoms with Crippen molar-refractivity contribution < 1.29 is 28.7 Å². The number of methoxy groups -OCH3 is 2. The molecule has 62 heavy (non-hydrogen) atoms. The number of amides is 4. The maximum absolute atomic E-state index is 14.3. The number of ether oxygens (including phenoxy) is 2. The van der Waals surface area contributed by atoms with Crippen molar-refractivity contribution in [2.45, 2.75) is 70.6 Å². The van der Waals surface area contributed by atoms with Gasteiger partial charge in [0.05, 0.1) is 37.7 Å². The molecule has 2 saturated heterocycles. The molecule has 13 heteroatoms. The molecule has 324 valence electrons. The Hall–Kier alpha value is -6.21. The second-order valence-corrected chi connectivity index (χ2v) is 17.6. The van der Waals surface area contributed by atoms with Gasteiger partial charge in [0.1, 0.15) is 17.9 Å². The fourth-order valence-corrected chi connectivity index (χ4v) is 9.06. The predicted octanol–water partition coefficient (Wildman–Crippen LogP) is 7.83. The highest BCUT2D eigenvalue weighted by atomic mass is 16.5. The zero-order chi connectivity index (χ0) is 43.5. The number of hydrogen-bond donors (Lipinski definition) is 4. The van der Waals surface area contributed by atoms with Crippen molar-refractivity contribution in [3.63, 3.8) is 0 Å². The number of alkyl carbamates (subject to hydrolysis) is 1. The Balaban J connectivity index is 0.943. The average molecular weight is 840 g/mol. The van der Waals surface area contributed by atoms with E-state index in [1.807, 2.05) is 49.1 Å². The highest BCUT2D eigenvalue weighted by Crippen LogP contribution is 2.40. The first-order chi connectivity index (χ1) is 30.0. The van der Waals surface area contributed by atoms with Crippen LogP contribution in [0.5, 0.6) is 0 Å². The Labute approximate surface area is 363 Å². The van der Waals surface area contributed by atoms with Crippen molar-refractivity contribution in [1.29, 1.82) is 0 Å². The number of rotatable bonds is 14. The first kappa shape index (κ1) is 42.5. The van der Waals surface area contributed by atoms with Crippen LogP contribution in [0.3, 0.4) is 0 Å². The molecule has 0 bridgehead atoms. The summed E-state index contributed by atoms with van der Waals surface area (Å²) in [6.07, 6.45) is 4.43. The fraction of sp³-hybridized carbons (Fsp3) is 0.408. The molecule has 0 unspecified atom stereocenters. The van der Waals surface area contributed by atoms with E-state index >= 15 is 0 Å². The summed E-state index contributed by atoms with van der Waals surface area (Å²) in [6, 6.07) is 28.6. The second-order valence-electron chi connectivity index (χ2n) is 17.6. The van der Waals surface area contributed by atoms with Gasteiger partial charge in [-0.15, -0.1) is 0 Å². The maximum atomic E-state index is 14.3. The van der Waals surface area contributed by atoms with Gasteiger partial charge in [-0.3, -0.25) is 14.4 Å². The van der Waals surface area contributed by atoms with Gasteiger partial charge in [0.15, 0.2) is 0 Å². The summed E-state index contributed by atoms with van der Waals surface area (Å²) in [4.78, 5) is 68.8. The van der Waals surface area contributed by atoms with Crippen molar-refractivity contribution >= 4 is 23.8 Å². The molecule has 0 radical (unpaired) electrons. The van der Waals surface area contributed by atoms with E-state index < -0.39 is 18.2 Å². The molecule has 8 rings (SSSR count). The summed E-state index contributed by atoms with van der Waals surface area (Å²) >= 11 is 0. The van der Waals surface area contributed by atoms with Crippen molar-refractivity contribution in [2.75, 3.05) is 33.9 Å². The van der Waals surface area contributed by atoms with E-state index in [9.17, 15) is 19.2 Å². The molecule has 4 N–H and O–H groups in total. The number of aromatic nitrogens is 3. The van der Waals surface area contributed by atoms with Crippen LogP contribution < -0.4 is 10.6 Å². The van der Waals surface area contributed by atoms with Crippen LogP contribution in [-0.2, 0) is 23.9 Å². The molecule has 2 aliphatic heterocycles. The van der Waals surface area contributed by atoms with Gasteiger partial charge in [-0.25, -0.2) is 9.78 Å². The van der Waals surface area contributed by atoms with E-state index in [0.717, 1.165) is 64.2 Å². The van der Waals surface area contributed by atoms with Gasteiger partial charge in [0.2, 0.25) is 17.7 Å². The van der Waals surface area contributed by atoms with Crippen LogP contribution in [0.1, 0.15) is 81.7 Å². The Kier molecular flexibility index (Phi) is 12.6. The van der Waals surface area contributed by atoms with Crippen LogP contribution in [0.4, 0.5) is 4.79 Å². The number of imidazole rings is 1. The van der Waals surface area contributed by atoms with Gasteiger partial charge in [-0.05, 0) is 77.5 Å². The third-order valence-electron chi connectivity index (χ3n) is 12.6. The standard InChI is InChI=1S/C49H57N7O6/c1-29(2)43(54-49(60)62-5)47(58)56-27-31(28-61-4)24-42(56)45-50-25-40(52-45)35-17-13-33(14-18-35)32-11-15-34(16-12-32)38-21-22-39(51-38)41-23-30(3)26-55(41)48(59)44(36-9-7-6-8-10-36)53-46(57)37-19-20-37/h6-18,21-22,25,29-31,37,41-44,51H,19-20,23-24,26-28H2,1-5H3,(H,50,52)(H,53,57)(H,54,60)/t30-,31-,41-,42-,43-,44+/m0/s1. The van der Waals surface area contributed by atoms with Gasteiger partial charge in [0.25, 0.3) is 0 Å². The number of hydrogen-bond acceptors (Lipinski definition) is 7. The molecule has 1 aliphatic carbocycles. The van der Waals surface area contributed by atoms with E-state index in [-0.39, 0.29) is 47.6 Å². The highest BCUT2D eigenvalue weighted by molar-refractivity contribution is 5.91. The lowest BCUT2D eigenvalue weighted by Gasteiger charge is -2.30. The summed E-state index contributed by atoms with van der Waals surface area (Å²) in [5.74, 6) is 0.696. The summed E-state index contributed by atoms with van der Waals surface area (Å²) in [7, 11) is 2.95. The number of H-pyrrole nitrogens is 2. The third-order valence-corrected chi connectivity index (χ3v) is 12.6. The summed E-state index contributed by atoms with van der Waals surface area (Å²) in [5.41, 5.74) is 7.74. The quantitative estimate of drug-likeness (QED) is 0.0887. The van der Waals surface area contributed by atoms with Gasteiger partial charge in [0, 0.05) is 43.4 Å². The summed E-state index contributed by atoms with van der Waals surface area (Å²) in [5, 5.41) is 5.80. The van der Waals surface area contributed by atoms with Crippen LogP contribution in [0, 0.1) is 23.7 Å². The molecule has 4 amide bonds. The van der Waals surface area contributed by atoms with Gasteiger partial charge < -0.3 is 39.9 Å². The normalized spacial score (nSPS) is 20.9. The molecule has 6 atom stereocenters. The predicted molar refractivity (Wildman–Crippen MR) is 236 cm³/mol. The second kappa shape index (κ2) is 18.4. The number of nitrogens with one attached hydrogen (secondary N) is 4. The third kappa shape index (κ3) is 9.18. The minimum atomic E-state index is -0.737. The first-order valence-electron chi connectivity index (χ1n) is 21.8. The summed E-state index contributed by atoms with van der Waals surface area (Å²) < 4.78 is 10.3. The molecule has 3 fully saturated rings. The lowest BCUT2D eigenvalue weighted by Crippen LogP contribution is -2.51. The monoisotopic (exact) mass is 839 g/mol. The maximum Gasteiger partial charge on any atom is 0.407 e. The van der Waals surface area contributed by atoms with Crippen LogP contribution in [0.15, 0.2) is 97.2 Å². The molecular formula is C49H57N7O6. The SMILES string of the molecule is COC[C@H]1C[C@@H](c2ncc(-c3ccc(-c4ccc(-c5ccc([C@@H]6C[C@H](C)CN6C(=O)[C@H](NC(=O)C6CC6)c6ccccc6)[nH]5)cc4)cc3)[nH]2)N(C(=O)[C@@H](NC(=O)OC)C(C)C)C1. The average Bonchev–Trinajstić information content (AvgIpc) is 3.61. The molecule has 4 heterocycles. The van der Waals surface area contributed by atoms with Gasteiger partial charge in [-0.2, -0.15) is 0 Å². The molecule has 1 saturated carbocycles. The lowest BCUT2D eigenvalue weighted by molar-refractivity contribution is -0.138. The number of nitrogens with zero attached hydrogens (tertiary/aromatic N) is 3. The number of aromatic amines is 2. The fourth-order valence-electron chi connectivity index (χ4n) is 9.06. The van der Waals surface area contributed by atoms with Crippen molar-refractivity contribution in [3.8, 4) is 33.6 Å². The van der Waals surface area contributed by atoms with Crippen molar-refractivity contribution in [1.82, 2.24) is 35.4 Å². The van der Waals surface area contributed by atoms with Crippen LogP contribution in [-0.4, -0.2) is 88.5 Å². The zero-order valence-corrected chi connectivity index (χ0v) is 36.1. The minimum Gasteiger partial charge on any atom is -0.453 e. The zero-order valence-electron chi connectivity index (χ0n) is 36.1. The minimum absolute atomic E-state index is 0.00340. The molecule has 3 aromatic carbocycles. The highest BCUT2D eigenvalue weighted by Gasteiger charge is 2.42. The van der Waals surface area contributed by atoms with E-state index in [2.05, 4.69) is 88.2 Å². The Morgan fingerprint density at radius 3 is 2.02 bits per heavy atom. The summed E-state index contributed by atoms with van der Waals surface area (Å²) in [6.45, 7) is 7.60. The van der Waals surface area contributed by atoms with Crippen LogP contribution >= 0.6 is 0 Å². The van der Waals surface area contributed by atoms with E-state index in [1.54, 1.807) is 18.2 Å². The molecule has 2 aromatic heterocycles. The van der Waals surface area contributed by atoms with Crippen molar-refractivity contribution in [2.24, 2.45) is 23.7 Å². The Morgan fingerprint density at radius 1 is 0.742 bits per heavy atom. The van der Waals surface area contributed by atoms with Crippen LogP contribution in [0.25, 0.3) is 33.6 Å². The van der Waals surface area contributed by atoms with Gasteiger partial charge in [-0.1, -0.05) is 99.6 Å². The Bertz CT molecular complexity index is 2350.